The van der Waals surface area contributed by atoms with Crippen LogP contribution in [0.2, 0.25) is 0 Å². The summed E-state index contributed by atoms with van der Waals surface area (Å²) >= 11 is 0. The third-order valence-electron chi connectivity index (χ3n) is 3.42. The fourth-order valence-electron chi connectivity index (χ4n) is 2.23. The Hall–Kier alpha value is -0.860. The topological polar surface area (TPSA) is 38.0 Å². The molecule has 0 aromatic heterocycles. The summed E-state index contributed by atoms with van der Waals surface area (Å²) in [6.07, 6.45) is 7.55. The molecule has 0 saturated heterocycles. The average Bonchev–Trinajstić information content (AvgIpc) is 3.15. The molecule has 1 aromatic rings. The molecule has 17 heavy (non-hydrogen) atoms. The Morgan fingerprint density at radius 3 is 2.41 bits per heavy atom. The predicted molar refractivity (Wildman–Crippen MR) is 73.2 cm³/mol. The number of hydrogen-bond acceptors (Lipinski definition) is 2. The van der Waals surface area contributed by atoms with Crippen LogP contribution in [-0.4, -0.2) is 19.1 Å². The zero-order valence-electron chi connectivity index (χ0n) is 10.6. The van der Waals surface area contributed by atoms with E-state index in [1.807, 2.05) is 0 Å². The maximum atomic E-state index is 5.64. The van der Waals surface area contributed by atoms with Crippen molar-refractivity contribution < 1.29 is 0 Å². The molecule has 94 valence electrons. The van der Waals surface area contributed by atoms with Crippen LogP contribution < -0.4 is 11.1 Å². The van der Waals surface area contributed by atoms with E-state index >= 15 is 0 Å². The molecular weight excluding hydrogens is 208 g/mol. The van der Waals surface area contributed by atoms with E-state index < -0.39 is 0 Å². The Bertz CT molecular complexity index is 331. The first-order valence-electron chi connectivity index (χ1n) is 6.90. The first-order chi connectivity index (χ1) is 8.40. The van der Waals surface area contributed by atoms with Gasteiger partial charge >= 0.3 is 0 Å². The van der Waals surface area contributed by atoms with Crippen molar-refractivity contribution in [1.29, 1.82) is 0 Å². The van der Waals surface area contributed by atoms with Crippen LogP contribution in [0.1, 0.15) is 36.8 Å². The number of hydrogen-bond donors (Lipinski definition) is 2. The molecule has 0 amide bonds. The minimum Gasteiger partial charge on any atom is -0.330 e. The number of rotatable bonds is 8. The lowest BCUT2D eigenvalue weighted by Gasteiger charge is -2.08. The standard InChI is InChI=1S/C15H24N2/c16-11-10-14-6-2-1-5-13(14)7-3-4-12-17-15-8-9-15/h1-2,5-6,15,17H,3-4,7-12,16H2. The first-order valence-corrected chi connectivity index (χ1v) is 6.90. The molecule has 2 heteroatoms. The van der Waals surface area contributed by atoms with Gasteiger partial charge in [-0.3, -0.25) is 0 Å². The summed E-state index contributed by atoms with van der Waals surface area (Å²) in [6.45, 7) is 1.93. The van der Waals surface area contributed by atoms with Gasteiger partial charge < -0.3 is 11.1 Å². The van der Waals surface area contributed by atoms with Gasteiger partial charge in [0.15, 0.2) is 0 Å². The second kappa shape index (κ2) is 6.77. The fourth-order valence-corrected chi connectivity index (χ4v) is 2.23. The van der Waals surface area contributed by atoms with Gasteiger partial charge in [0.05, 0.1) is 0 Å². The monoisotopic (exact) mass is 232 g/mol. The van der Waals surface area contributed by atoms with Crippen LogP contribution in [0.5, 0.6) is 0 Å². The van der Waals surface area contributed by atoms with Crippen molar-refractivity contribution in [3.8, 4) is 0 Å². The molecule has 1 aliphatic carbocycles. The maximum Gasteiger partial charge on any atom is 0.00682 e. The predicted octanol–water partition coefficient (Wildman–Crippen LogP) is 2.26. The van der Waals surface area contributed by atoms with Crippen molar-refractivity contribution in [3.63, 3.8) is 0 Å². The molecule has 0 heterocycles. The molecule has 1 fully saturated rings. The van der Waals surface area contributed by atoms with E-state index in [2.05, 4.69) is 29.6 Å². The Labute approximate surface area is 105 Å². The highest BCUT2D eigenvalue weighted by molar-refractivity contribution is 5.27. The highest BCUT2D eigenvalue weighted by atomic mass is 14.9. The number of unbranched alkanes of at least 4 members (excludes halogenated alkanes) is 1. The number of benzene rings is 1. The molecule has 1 aliphatic rings. The minimum absolute atomic E-state index is 0.750. The summed E-state index contributed by atoms with van der Waals surface area (Å²) in [5.74, 6) is 0. The van der Waals surface area contributed by atoms with E-state index in [1.54, 1.807) is 0 Å². The van der Waals surface area contributed by atoms with Gasteiger partial charge in [-0.1, -0.05) is 24.3 Å². The number of nitrogens with one attached hydrogen (secondary N) is 1. The van der Waals surface area contributed by atoms with Crippen LogP contribution in [-0.2, 0) is 12.8 Å². The van der Waals surface area contributed by atoms with Gasteiger partial charge in [0.1, 0.15) is 0 Å². The van der Waals surface area contributed by atoms with Crippen LogP contribution in [0.3, 0.4) is 0 Å². The van der Waals surface area contributed by atoms with Crippen LogP contribution in [0.15, 0.2) is 24.3 Å². The van der Waals surface area contributed by atoms with Crippen molar-refractivity contribution >= 4 is 0 Å². The second-order valence-corrected chi connectivity index (χ2v) is 4.99. The molecule has 2 nitrogen and oxygen atoms in total. The van der Waals surface area contributed by atoms with Gasteiger partial charge in [0, 0.05) is 6.04 Å². The lowest BCUT2D eigenvalue weighted by atomic mass is 10.00. The lowest BCUT2D eigenvalue weighted by Crippen LogP contribution is -2.17. The van der Waals surface area contributed by atoms with Crippen molar-refractivity contribution in [2.75, 3.05) is 13.1 Å². The molecule has 0 aliphatic heterocycles. The second-order valence-electron chi connectivity index (χ2n) is 4.99. The molecule has 0 bridgehead atoms. The molecule has 1 aromatic carbocycles. The highest BCUT2D eigenvalue weighted by Crippen LogP contribution is 2.18. The molecule has 0 spiro atoms. The van der Waals surface area contributed by atoms with Crippen LogP contribution >= 0.6 is 0 Å². The van der Waals surface area contributed by atoms with E-state index in [4.69, 9.17) is 5.73 Å². The summed E-state index contributed by atoms with van der Waals surface area (Å²) in [5, 5.41) is 3.56. The zero-order valence-corrected chi connectivity index (χ0v) is 10.6. The third-order valence-corrected chi connectivity index (χ3v) is 3.42. The average molecular weight is 232 g/mol. The van der Waals surface area contributed by atoms with E-state index in [-0.39, 0.29) is 0 Å². The highest BCUT2D eigenvalue weighted by Gasteiger charge is 2.19. The summed E-state index contributed by atoms with van der Waals surface area (Å²) < 4.78 is 0. The van der Waals surface area contributed by atoms with Crippen molar-refractivity contribution in [3.05, 3.63) is 35.4 Å². The van der Waals surface area contributed by atoms with Gasteiger partial charge in [-0.25, -0.2) is 0 Å². The maximum absolute atomic E-state index is 5.64. The van der Waals surface area contributed by atoms with Crippen molar-refractivity contribution in [1.82, 2.24) is 5.32 Å². The van der Waals surface area contributed by atoms with Gasteiger partial charge in [-0.15, -0.1) is 0 Å². The Morgan fingerprint density at radius 2 is 1.76 bits per heavy atom. The molecule has 2 rings (SSSR count). The van der Waals surface area contributed by atoms with Crippen molar-refractivity contribution in [2.24, 2.45) is 5.73 Å². The molecule has 1 saturated carbocycles. The summed E-state index contributed by atoms with van der Waals surface area (Å²) in [4.78, 5) is 0. The van der Waals surface area contributed by atoms with Crippen LogP contribution in [0, 0.1) is 0 Å². The largest absolute Gasteiger partial charge is 0.330 e. The summed E-state index contributed by atoms with van der Waals surface area (Å²) in [5.41, 5.74) is 8.56. The molecule has 3 N–H and O–H groups in total. The molecule has 0 radical (unpaired) electrons. The zero-order chi connectivity index (χ0) is 11.9. The number of nitrogens with two attached hydrogens (primary N) is 1. The van der Waals surface area contributed by atoms with E-state index in [1.165, 1.54) is 49.8 Å². The van der Waals surface area contributed by atoms with Gasteiger partial charge in [0.2, 0.25) is 0 Å². The third kappa shape index (κ3) is 4.49. The molecular formula is C15H24N2. The van der Waals surface area contributed by atoms with Gasteiger partial charge in [-0.05, 0) is 62.7 Å². The molecule has 0 atom stereocenters. The first kappa shape index (κ1) is 12.6. The quantitative estimate of drug-likeness (QED) is 0.675. The Kier molecular flexibility index (Phi) is 5.02. The normalized spacial score (nSPS) is 15.1. The fraction of sp³-hybridized carbons (Fsp3) is 0.600. The smallest absolute Gasteiger partial charge is 0.00682 e. The van der Waals surface area contributed by atoms with Crippen molar-refractivity contribution in [2.45, 2.75) is 44.6 Å². The lowest BCUT2D eigenvalue weighted by molar-refractivity contribution is 0.618. The molecule has 0 unspecified atom stereocenters. The van der Waals surface area contributed by atoms with Crippen LogP contribution in [0.25, 0.3) is 0 Å². The van der Waals surface area contributed by atoms with E-state index in [9.17, 15) is 0 Å². The minimum atomic E-state index is 0.750. The van der Waals surface area contributed by atoms with Gasteiger partial charge in [0.25, 0.3) is 0 Å². The Morgan fingerprint density at radius 1 is 1.06 bits per heavy atom. The SMILES string of the molecule is NCCc1ccccc1CCCCNC1CC1. The Balaban J connectivity index is 1.69. The van der Waals surface area contributed by atoms with E-state index in [0.29, 0.717) is 0 Å². The summed E-state index contributed by atoms with van der Waals surface area (Å²) in [7, 11) is 0. The van der Waals surface area contributed by atoms with Crippen LogP contribution in [0.4, 0.5) is 0 Å². The van der Waals surface area contributed by atoms with E-state index in [0.717, 1.165) is 19.0 Å². The number of aryl methyl sites for hydroxylation is 1. The summed E-state index contributed by atoms with van der Waals surface area (Å²) in [6, 6.07) is 9.56. The van der Waals surface area contributed by atoms with Gasteiger partial charge in [-0.2, -0.15) is 0 Å².